The van der Waals surface area contributed by atoms with E-state index >= 15 is 0 Å². The molecule has 24 heavy (non-hydrogen) atoms. The first-order chi connectivity index (χ1) is 11.6. The van der Waals surface area contributed by atoms with Crippen molar-refractivity contribution in [1.82, 2.24) is 19.9 Å². The van der Waals surface area contributed by atoms with E-state index in [1.165, 1.54) is 18.0 Å². The molecule has 0 saturated heterocycles. The van der Waals surface area contributed by atoms with Crippen LogP contribution in [0, 0.1) is 11.8 Å². The maximum Gasteiger partial charge on any atom is 0.158 e. The lowest BCUT2D eigenvalue weighted by molar-refractivity contribution is 1.07. The number of nitrogen functional groups attached to an aromatic ring is 1. The van der Waals surface area contributed by atoms with Gasteiger partial charge in [0.25, 0.3) is 0 Å². The lowest BCUT2D eigenvalue weighted by Gasteiger charge is -2.06. The second kappa shape index (κ2) is 7.49. The Bertz CT molecular complexity index is 938. The van der Waals surface area contributed by atoms with Crippen molar-refractivity contribution in [2.45, 2.75) is 9.92 Å². The fourth-order valence-electron chi connectivity index (χ4n) is 1.71. The summed E-state index contributed by atoms with van der Waals surface area (Å²) in [4.78, 5) is 17.0. The molecule has 0 amide bonds. The Morgan fingerprint density at radius 3 is 2.54 bits per heavy atom. The van der Waals surface area contributed by atoms with Gasteiger partial charge in [0, 0.05) is 29.0 Å². The minimum atomic E-state index is 0.238. The minimum Gasteiger partial charge on any atom is -0.381 e. The Kier molecular flexibility index (Phi) is 5.16. The van der Waals surface area contributed by atoms with E-state index < -0.39 is 0 Å². The second-order valence-electron chi connectivity index (χ2n) is 4.44. The maximum absolute atomic E-state index is 6.40. The Morgan fingerprint density at radius 1 is 1.00 bits per heavy atom. The fourth-order valence-corrected chi connectivity index (χ4v) is 2.90. The number of hydrogen-bond acceptors (Lipinski definition) is 6. The highest BCUT2D eigenvalue weighted by Gasteiger charge is 2.11. The first kappa shape index (κ1) is 16.5. The summed E-state index contributed by atoms with van der Waals surface area (Å²) in [6.07, 6.45) is 6.41. The minimum absolute atomic E-state index is 0.238. The molecule has 0 aromatic carbocycles. The van der Waals surface area contributed by atoms with E-state index in [0.29, 0.717) is 15.7 Å². The molecule has 3 aromatic rings. The highest BCUT2D eigenvalue weighted by atomic mass is 35.5. The van der Waals surface area contributed by atoms with Gasteiger partial charge in [-0.25, -0.2) is 15.0 Å². The van der Waals surface area contributed by atoms with Crippen molar-refractivity contribution >= 4 is 40.8 Å². The van der Waals surface area contributed by atoms with Crippen LogP contribution < -0.4 is 5.73 Å². The van der Waals surface area contributed by atoms with Crippen LogP contribution in [0.1, 0.15) is 11.3 Å². The predicted molar refractivity (Wildman–Crippen MR) is 95.0 cm³/mol. The van der Waals surface area contributed by atoms with Crippen LogP contribution in [-0.4, -0.2) is 19.9 Å². The van der Waals surface area contributed by atoms with Gasteiger partial charge in [0.05, 0.1) is 11.2 Å². The second-order valence-corrected chi connectivity index (χ2v) is 6.24. The van der Waals surface area contributed by atoms with Crippen molar-refractivity contribution in [3.63, 3.8) is 0 Å². The molecule has 3 aromatic heterocycles. The molecular weight excluding hydrogens is 365 g/mol. The Labute approximate surface area is 152 Å². The Hall–Kier alpha value is -2.33. The third-order valence-electron chi connectivity index (χ3n) is 2.80. The van der Waals surface area contributed by atoms with E-state index in [1.807, 2.05) is 12.1 Å². The summed E-state index contributed by atoms with van der Waals surface area (Å²) in [6.45, 7) is 0. The van der Waals surface area contributed by atoms with Crippen molar-refractivity contribution < 1.29 is 0 Å². The van der Waals surface area contributed by atoms with Crippen LogP contribution in [0.25, 0.3) is 0 Å². The zero-order chi connectivity index (χ0) is 16.9. The number of nitrogens with two attached hydrogens (primary N) is 1. The van der Waals surface area contributed by atoms with E-state index in [4.69, 9.17) is 28.9 Å². The molecule has 0 aliphatic carbocycles. The van der Waals surface area contributed by atoms with Gasteiger partial charge >= 0.3 is 0 Å². The first-order valence-corrected chi connectivity index (χ1v) is 8.23. The van der Waals surface area contributed by atoms with Crippen LogP contribution in [0.3, 0.4) is 0 Å². The van der Waals surface area contributed by atoms with Gasteiger partial charge in [0.2, 0.25) is 0 Å². The van der Waals surface area contributed by atoms with E-state index in [-0.39, 0.29) is 11.0 Å². The van der Waals surface area contributed by atoms with Crippen LogP contribution in [-0.2, 0) is 0 Å². The number of aromatic nitrogens is 4. The molecular formula is C16H9Cl2N5S. The summed E-state index contributed by atoms with van der Waals surface area (Å²) >= 11 is 13.4. The molecule has 0 fully saturated rings. The third kappa shape index (κ3) is 3.95. The van der Waals surface area contributed by atoms with Gasteiger partial charge in [-0.3, -0.25) is 4.98 Å². The number of nitrogens with zero attached hydrogens (tertiary/aromatic N) is 4. The lowest BCUT2D eigenvalue weighted by atomic mass is 10.2. The molecule has 3 heterocycles. The van der Waals surface area contributed by atoms with Crippen LogP contribution in [0.4, 0.5) is 5.82 Å². The largest absolute Gasteiger partial charge is 0.381 e. The molecule has 0 spiro atoms. The summed E-state index contributed by atoms with van der Waals surface area (Å²) in [7, 11) is 0. The quantitative estimate of drug-likeness (QED) is 0.689. The van der Waals surface area contributed by atoms with Crippen LogP contribution in [0.15, 0.2) is 52.9 Å². The highest BCUT2D eigenvalue weighted by molar-refractivity contribution is 7.99. The predicted octanol–water partition coefficient (Wildman–Crippen LogP) is 3.71. The topological polar surface area (TPSA) is 77.6 Å². The molecule has 118 valence electrons. The fraction of sp³-hybridized carbons (Fsp3) is 0. The summed E-state index contributed by atoms with van der Waals surface area (Å²) < 4.78 is 0. The number of pyridine rings is 2. The smallest absolute Gasteiger partial charge is 0.158 e. The molecule has 0 aliphatic heterocycles. The van der Waals surface area contributed by atoms with Crippen LogP contribution in [0.2, 0.25) is 10.2 Å². The van der Waals surface area contributed by atoms with E-state index in [2.05, 4.69) is 31.8 Å². The molecule has 0 atom stereocenters. The zero-order valence-electron chi connectivity index (χ0n) is 12.1. The summed E-state index contributed by atoms with van der Waals surface area (Å²) in [6, 6.07) is 5.38. The molecule has 0 aliphatic rings. The SMILES string of the molecule is Nc1nc(Cl)cnc1Sc1ccnc(C#Cc2ccncc2)c1Cl. The standard InChI is InChI=1S/C16H9Cl2N5S/c17-13-9-22-16(15(19)23-13)24-12-5-8-21-11(14(12)18)2-1-10-3-6-20-7-4-10/h3-9H,(H2,19,23). The van der Waals surface area contributed by atoms with Gasteiger partial charge in [-0.15, -0.1) is 0 Å². The number of anilines is 1. The van der Waals surface area contributed by atoms with Gasteiger partial charge < -0.3 is 5.73 Å². The van der Waals surface area contributed by atoms with Gasteiger partial charge in [0.1, 0.15) is 15.9 Å². The molecule has 0 bridgehead atoms. The first-order valence-electron chi connectivity index (χ1n) is 6.66. The van der Waals surface area contributed by atoms with Crippen molar-refractivity contribution in [2.24, 2.45) is 0 Å². The number of hydrogen-bond donors (Lipinski definition) is 1. The third-order valence-corrected chi connectivity index (χ3v) is 4.55. The monoisotopic (exact) mass is 373 g/mol. The van der Waals surface area contributed by atoms with Crippen molar-refractivity contribution in [2.75, 3.05) is 5.73 Å². The van der Waals surface area contributed by atoms with Crippen molar-refractivity contribution in [1.29, 1.82) is 0 Å². The molecule has 5 nitrogen and oxygen atoms in total. The van der Waals surface area contributed by atoms with E-state index in [0.717, 1.165) is 10.5 Å². The zero-order valence-corrected chi connectivity index (χ0v) is 14.4. The average molecular weight is 374 g/mol. The molecule has 8 heteroatoms. The molecule has 0 radical (unpaired) electrons. The molecule has 0 unspecified atom stereocenters. The van der Waals surface area contributed by atoms with E-state index in [9.17, 15) is 0 Å². The molecule has 2 N–H and O–H groups in total. The Balaban J connectivity index is 1.90. The normalized spacial score (nSPS) is 10.1. The molecule has 0 saturated carbocycles. The van der Waals surface area contributed by atoms with Gasteiger partial charge in [-0.2, -0.15) is 0 Å². The number of halogens is 2. The summed E-state index contributed by atoms with van der Waals surface area (Å²) in [5.41, 5.74) is 7.12. The molecule has 3 rings (SSSR count). The van der Waals surface area contributed by atoms with Gasteiger partial charge in [0.15, 0.2) is 5.82 Å². The maximum atomic E-state index is 6.40. The lowest BCUT2D eigenvalue weighted by Crippen LogP contribution is -1.96. The van der Waals surface area contributed by atoms with Crippen molar-refractivity contribution in [3.8, 4) is 11.8 Å². The van der Waals surface area contributed by atoms with E-state index in [1.54, 1.807) is 24.7 Å². The highest BCUT2D eigenvalue weighted by Crippen LogP contribution is 2.35. The average Bonchev–Trinajstić information content (AvgIpc) is 2.59. The summed E-state index contributed by atoms with van der Waals surface area (Å²) in [5, 5.41) is 1.18. The van der Waals surface area contributed by atoms with Gasteiger partial charge in [-0.1, -0.05) is 40.9 Å². The van der Waals surface area contributed by atoms with Gasteiger partial charge in [-0.05, 0) is 24.1 Å². The summed E-state index contributed by atoms with van der Waals surface area (Å²) in [5.74, 6) is 6.19. The Morgan fingerprint density at radius 2 is 1.79 bits per heavy atom. The van der Waals surface area contributed by atoms with Crippen LogP contribution in [0.5, 0.6) is 0 Å². The van der Waals surface area contributed by atoms with Crippen molar-refractivity contribution in [3.05, 3.63) is 64.4 Å². The van der Waals surface area contributed by atoms with Crippen LogP contribution >= 0.6 is 35.0 Å². The number of rotatable bonds is 2.